The Kier molecular flexibility index (Phi) is 33.7. The van der Waals surface area contributed by atoms with Crippen molar-refractivity contribution >= 4 is 66.4 Å². The van der Waals surface area contributed by atoms with E-state index in [-0.39, 0.29) is 50.5 Å². The Hall–Kier alpha value is -5.12. The Labute approximate surface area is 529 Å². The van der Waals surface area contributed by atoms with Crippen LogP contribution in [0.5, 0.6) is 0 Å². The normalized spacial score (nSPS) is 16.0. The van der Waals surface area contributed by atoms with Crippen LogP contribution < -0.4 is 9.80 Å². The molecule has 2 aliphatic rings. The van der Waals surface area contributed by atoms with Crippen LogP contribution in [0.1, 0.15) is 83.1 Å². The van der Waals surface area contributed by atoms with Crippen LogP contribution >= 0.6 is 0 Å². The van der Waals surface area contributed by atoms with Gasteiger partial charge in [0.05, 0.1) is 167 Å². The summed E-state index contributed by atoms with van der Waals surface area (Å²) in [6, 6.07) is 11.9. The lowest BCUT2D eigenvalue weighted by atomic mass is 9.77. The first-order valence-corrected chi connectivity index (χ1v) is 33.4. The molecule has 90 heavy (non-hydrogen) atoms. The number of hydroxylamine groups is 2. The summed E-state index contributed by atoms with van der Waals surface area (Å²) in [5.41, 5.74) is 2.36. The summed E-state index contributed by atoms with van der Waals surface area (Å²) in [4.78, 5) is 46.0. The van der Waals surface area contributed by atoms with Crippen molar-refractivity contribution in [2.45, 2.75) is 81.9 Å². The van der Waals surface area contributed by atoms with Gasteiger partial charge in [-0.2, -0.15) is 8.42 Å². The molecule has 0 radical (unpaired) electrons. The minimum atomic E-state index is -4.95. The molecule has 1 unspecified atom stereocenters. The van der Waals surface area contributed by atoms with Crippen LogP contribution in [0.2, 0.25) is 0 Å². The Morgan fingerprint density at radius 3 is 1.60 bits per heavy atom. The monoisotopic (exact) mass is 1310 g/mol. The molecule has 0 spiro atoms. The summed E-state index contributed by atoms with van der Waals surface area (Å²) in [7, 11) is -6.08. The van der Waals surface area contributed by atoms with Gasteiger partial charge in [-0.05, 0) is 79.1 Å². The van der Waals surface area contributed by atoms with Gasteiger partial charge in [-0.3, -0.25) is 14.1 Å². The summed E-state index contributed by atoms with van der Waals surface area (Å²) in [6.45, 7) is 18.8. The van der Waals surface area contributed by atoms with Gasteiger partial charge < -0.3 is 76.0 Å². The predicted molar refractivity (Wildman–Crippen MR) is 332 cm³/mol. The molecule has 3 aromatic rings. The van der Waals surface area contributed by atoms with Gasteiger partial charge in [0.2, 0.25) is 0 Å². The molecule has 0 saturated carbocycles. The van der Waals surface area contributed by atoms with Crippen molar-refractivity contribution in [3.63, 3.8) is 0 Å². The van der Waals surface area contributed by atoms with Crippen molar-refractivity contribution in [1.29, 1.82) is 0 Å². The standard InChI is InChI=1S/C62H93N3O23S2/c1-61(2,3)53-47-50(10-7-11-57-62(4,19-8-12-60(68)88-65-58(66)17-18-59(65)67)54-48-51(90(72,73)74)14-16-55(54)64(57)20-9-45-89(69,70)71)87-56-46-49(13-15-52(53)56)63(21-23-77-29-31-81-37-39-85-43-41-83-35-33-79-27-25-75-5)22-24-78-30-32-82-38-40-86-44-42-84-36-34-80-28-26-76-6/h7,10-11,13-16,46-48H,8-9,12,17-45H2,1-6H3,(H-,69,70,71,72,73,74)/b10-7+,57-11+. The summed E-state index contributed by atoms with van der Waals surface area (Å²) in [5, 5.41) is 1.35. The number of hydrogen-bond acceptors (Lipinski definition) is 23. The molecule has 5 rings (SSSR count). The van der Waals surface area contributed by atoms with Crippen LogP contribution in [0.4, 0.5) is 11.4 Å². The van der Waals surface area contributed by atoms with Crippen LogP contribution in [-0.2, 0) is 107 Å². The minimum Gasteiger partial charge on any atom is -0.744 e. The highest BCUT2D eigenvalue weighted by molar-refractivity contribution is 7.86. The van der Waals surface area contributed by atoms with E-state index in [1.165, 1.54) is 18.2 Å². The minimum absolute atomic E-state index is 0.0407. The molecule has 1 fully saturated rings. The van der Waals surface area contributed by atoms with Crippen molar-refractivity contribution in [1.82, 2.24) is 5.06 Å². The molecule has 3 heterocycles. The number of carbonyl (C=O) groups is 3. The molecule has 1 aromatic heterocycles. The van der Waals surface area contributed by atoms with Gasteiger partial charge in [0.25, 0.3) is 21.9 Å². The third-order valence-electron chi connectivity index (χ3n) is 14.3. The second-order valence-electron chi connectivity index (χ2n) is 22.2. The third kappa shape index (κ3) is 26.8. The zero-order chi connectivity index (χ0) is 65.3. The SMILES string of the molecule is COCCOCCOCCOCCOCCOCCN(CCOCCOCCOCCOCCOCCOC)c1ccc2c(C(C)(C)C)cc(/C=C/C=C3/N(CCCS(=O)(=O)O)c4ccc(S(=O)(=O)[O-])cc4C3(C)CCCC(=O)ON3C(=O)CCC3=O)[o+]c2c1. The average molecular weight is 1310 g/mol. The van der Waals surface area contributed by atoms with Gasteiger partial charge >= 0.3 is 17.3 Å². The molecule has 1 N–H and O–H groups in total. The van der Waals surface area contributed by atoms with Crippen LogP contribution in [-0.4, -0.2) is 234 Å². The highest BCUT2D eigenvalue weighted by Crippen LogP contribution is 2.51. The fourth-order valence-corrected chi connectivity index (χ4v) is 10.8. The first kappa shape index (κ1) is 75.6. The number of hydrogen-bond donors (Lipinski definition) is 1. The molecule has 1 atom stereocenters. The lowest BCUT2D eigenvalue weighted by molar-refractivity contribution is -0.197. The number of amides is 2. The maximum atomic E-state index is 13.0. The van der Waals surface area contributed by atoms with Gasteiger partial charge in [0.15, 0.2) is 0 Å². The average Bonchev–Trinajstić information content (AvgIpc) is 1.62. The molecule has 506 valence electrons. The number of rotatable bonds is 49. The highest BCUT2D eigenvalue weighted by atomic mass is 32.2. The van der Waals surface area contributed by atoms with Crippen molar-refractivity contribution < 1.29 is 106 Å². The van der Waals surface area contributed by atoms with E-state index in [2.05, 4.69) is 25.7 Å². The van der Waals surface area contributed by atoms with E-state index < -0.39 is 54.1 Å². The van der Waals surface area contributed by atoms with Crippen LogP contribution in [0.3, 0.4) is 0 Å². The molecular formula is C62H93N3O23S2. The Morgan fingerprint density at radius 1 is 0.667 bits per heavy atom. The number of nitrogens with zero attached hydrogens (tertiary/aromatic N) is 3. The maximum Gasteiger partial charge on any atom is 0.363 e. The number of imide groups is 1. The number of carbonyl (C=O) groups excluding carboxylic acids is 3. The van der Waals surface area contributed by atoms with Crippen molar-refractivity contribution in [2.24, 2.45) is 0 Å². The molecular weight excluding hydrogens is 1220 g/mol. The van der Waals surface area contributed by atoms with E-state index in [9.17, 15) is 40.3 Å². The first-order chi connectivity index (χ1) is 43.2. The second-order valence-corrected chi connectivity index (χ2v) is 25.1. The first-order valence-electron chi connectivity index (χ1n) is 30.4. The van der Waals surface area contributed by atoms with E-state index in [0.29, 0.717) is 192 Å². The van der Waals surface area contributed by atoms with Gasteiger partial charge in [-0.15, -0.1) is 5.06 Å². The van der Waals surface area contributed by atoms with E-state index in [1.807, 2.05) is 24.3 Å². The third-order valence-corrected chi connectivity index (χ3v) is 16.0. The molecule has 1 saturated heterocycles. The van der Waals surface area contributed by atoms with Crippen molar-refractivity contribution in [3.05, 3.63) is 77.2 Å². The Morgan fingerprint density at radius 2 is 1.14 bits per heavy atom. The number of allylic oxidation sites excluding steroid dienone is 3. The molecule has 26 nitrogen and oxygen atoms in total. The van der Waals surface area contributed by atoms with Crippen LogP contribution in [0.15, 0.2) is 69.6 Å². The van der Waals surface area contributed by atoms with E-state index in [1.54, 1.807) is 44.3 Å². The smallest absolute Gasteiger partial charge is 0.363 e. The Balaban J connectivity index is 1.32. The number of ether oxygens (including phenoxy) is 12. The topological polar surface area (TPSA) is 304 Å². The van der Waals surface area contributed by atoms with E-state index in [4.69, 9.17) is 66.1 Å². The number of benzene rings is 2. The van der Waals surface area contributed by atoms with Gasteiger partial charge in [0, 0.05) is 87.7 Å². The fourth-order valence-electron chi connectivity index (χ4n) is 9.78. The Bertz CT molecular complexity index is 2900. The van der Waals surface area contributed by atoms with E-state index >= 15 is 0 Å². The van der Waals surface area contributed by atoms with Crippen LogP contribution in [0.25, 0.3) is 17.0 Å². The number of anilines is 2. The zero-order valence-corrected chi connectivity index (χ0v) is 54.6. The molecule has 0 bridgehead atoms. The van der Waals surface area contributed by atoms with Crippen LogP contribution in [0, 0.1) is 0 Å². The fraction of sp³-hybridized carbons (Fsp3) is 0.645. The van der Waals surface area contributed by atoms with Gasteiger partial charge in [-0.1, -0.05) is 26.8 Å². The zero-order valence-electron chi connectivity index (χ0n) is 53.0. The predicted octanol–water partition coefficient (Wildman–Crippen LogP) is 5.91. The molecule has 2 aromatic carbocycles. The lowest BCUT2D eigenvalue weighted by Gasteiger charge is -2.30. The number of methoxy groups -OCH3 is 2. The lowest BCUT2D eigenvalue weighted by Crippen LogP contribution is -2.32. The summed E-state index contributed by atoms with van der Waals surface area (Å²) < 4.78 is 144. The summed E-state index contributed by atoms with van der Waals surface area (Å²) >= 11 is 0. The summed E-state index contributed by atoms with van der Waals surface area (Å²) in [6.07, 6.45) is 5.10. The quantitative estimate of drug-likeness (QED) is 0.0297. The van der Waals surface area contributed by atoms with Gasteiger partial charge in [0.1, 0.15) is 10.1 Å². The molecule has 0 aliphatic carbocycles. The van der Waals surface area contributed by atoms with Gasteiger partial charge in [-0.25, -0.2) is 17.6 Å². The van der Waals surface area contributed by atoms with Crippen molar-refractivity contribution in [3.8, 4) is 0 Å². The van der Waals surface area contributed by atoms with Crippen molar-refractivity contribution in [2.75, 3.05) is 195 Å². The maximum absolute atomic E-state index is 13.0. The molecule has 28 heteroatoms. The number of fused-ring (bicyclic) bond motifs is 2. The van der Waals surface area contributed by atoms with E-state index in [0.717, 1.165) is 16.6 Å². The second kappa shape index (κ2) is 40.1. The largest absolute Gasteiger partial charge is 0.744 e. The summed E-state index contributed by atoms with van der Waals surface area (Å²) in [5.74, 6) is -2.21. The molecule has 2 aliphatic heterocycles. The highest BCUT2D eigenvalue weighted by Gasteiger charge is 2.44. The molecule has 2 amide bonds.